The summed E-state index contributed by atoms with van der Waals surface area (Å²) in [6.07, 6.45) is 1.88. The normalized spacial score (nSPS) is 12.6. The Bertz CT molecular complexity index is 762. The van der Waals surface area contributed by atoms with Crippen LogP contribution in [0.4, 0.5) is 0 Å². The zero-order valence-electron chi connectivity index (χ0n) is 11.8. The molecule has 0 radical (unpaired) electrons. The molecular formula is C18H18N2. The molecule has 0 saturated carbocycles. The second-order valence-electron chi connectivity index (χ2n) is 5.28. The molecule has 0 aliphatic carbocycles. The summed E-state index contributed by atoms with van der Waals surface area (Å²) in [5.74, 6) is 0. The van der Waals surface area contributed by atoms with Gasteiger partial charge < -0.3 is 5.73 Å². The van der Waals surface area contributed by atoms with E-state index in [1.807, 2.05) is 24.4 Å². The summed E-state index contributed by atoms with van der Waals surface area (Å²) in [5.41, 5.74) is 12.1. The van der Waals surface area contributed by atoms with E-state index in [-0.39, 0.29) is 6.04 Å². The Kier molecular flexibility index (Phi) is 3.25. The number of pyridine rings is 1. The molecule has 0 spiro atoms. The van der Waals surface area contributed by atoms with Crippen LogP contribution in [0.25, 0.3) is 10.9 Å². The Morgan fingerprint density at radius 3 is 2.50 bits per heavy atom. The highest BCUT2D eigenvalue weighted by atomic mass is 14.7. The number of aryl methyl sites for hydroxylation is 2. The van der Waals surface area contributed by atoms with Gasteiger partial charge in [0.25, 0.3) is 0 Å². The maximum Gasteiger partial charge on any atom is 0.0702 e. The van der Waals surface area contributed by atoms with Crippen LogP contribution in [0, 0.1) is 13.8 Å². The van der Waals surface area contributed by atoms with E-state index in [9.17, 15) is 0 Å². The third-order valence-electron chi connectivity index (χ3n) is 3.86. The van der Waals surface area contributed by atoms with Gasteiger partial charge in [0.05, 0.1) is 11.6 Å². The summed E-state index contributed by atoms with van der Waals surface area (Å²) in [6, 6.07) is 16.5. The van der Waals surface area contributed by atoms with Gasteiger partial charge in [-0.2, -0.15) is 0 Å². The van der Waals surface area contributed by atoms with Crippen LogP contribution in [0.1, 0.15) is 28.3 Å². The van der Waals surface area contributed by atoms with Gasteiger partial charge in [0.2, 0.25) is 0 Å². The van der Waals surface area contributed by atoms with Gasteiger partial charge >= 0.3 is 0 Å². The lowest BCUT2D eigenvalue weighted by Gasteiger charge is -2.14. The van der Waals surface area contributed by atoms with Crippen molar-refractivity contribution in [2.24, 2.45) is 5.73 Å². The summed E-state index contributed by atoms with van der Waals surface area (Å²) in [4.78, 5) is 4.49. The molecule has 2 N–H and O–H groups in total. The summed E-state index contributed by atoms with van der Waals surface area (Å²) in [7, 11) is 0. The smallest absolute Gasteiger partial charge is 0.0702 e. The van der Waals surface area contributed by atoms with E-state index >= 15 is 0 Å². The highest BCUT2D eigenvalue weighted by Gasteiger charge is 2.10. The molecule has 100 valence electrons. The van der Waals surface area contributed by atoms with Crippen molar-refractivity contribution in [3.05, 3.63) is 77.0 Å². The third-order valence-corrected chi connectivity index (χ3v) is 3.86. The highest BCUT2D eigenvalue weighted by molar-refractivity contribution is 5.78. The second-order valence-corrected chi connectivity index (χ2v) is 5.28. The van der Waals surface area contributed by atoms with Crippen LogP contribution in [0.3, 0.4) is 0 Å². The molecule has 0 saturated heterocycles. The SMILES string of the molecule is Cc1ccc(C(N)c2cnc3ccccc3c2)cc1C. The minimum atomic E-state index is -0.133. The average Bonchev–Trinajstić information content (AvgIpc) is 2.49. The first-order chi connectivity index (χ1) is 9.65. The van der Waals surface area contributed by atoms with Gasteiger partial charge in [-0.15, -0.1) is 0 Å². The number of para-hydroxylation sites is 1. The summed E-state index contributed by atoms with van der Waals surface area (Å²) < 4.78 is 0. The van der Waals surface area contributed by atoms with E-state index in [1.54, 1.807) is 0 Å². The van der Waals surface area contributed by atoms with E-state index in [0.717, 1.165) is 22.0 Å². The molecule has 1 atom stereocenters. The van der Waals surface area contributed by atoms with Gasteiger partial charge in [0.1, 0.15) is 0 Å². The zero-order chi connectivity index (χ0) is 14.1. The van der Waals surface area contributed by atoms with Crippen molar-refractivity contribution in [2.45, 2.75) is 19.9 Å². The van der Waals surface area contributed by atoms with Crippen LogP contribution in [0.2, 0.25) is 0 Å². The highest BCUT2D eigenvalue weighted by Crippen LogP contribution is 2.23. The molecule has 3 aromatic rings. The molecule has 2 nitrogen and oxygen atoms in total. The Labute approximate surface area is 119 Å². The van der Waals surface area contributed by atoms with Crippen molar-refractivity contribution in [2.75, 3.05) is 0 Å². The summed E-state index contributed by atoms with van der Waals surface area (Å²) in [6.45, 7) is 4.23. The predicted molar refractivity (Wildman–Crippen MR) is 83.7 cm³/mol. The lowest BCUT2D eigenvalue weighted by Crippen LogP contribution is -2.12. The quantitative estimate of drug-likeness (QED) is 0.760. The van der Waals surface area contributed by atoms with Gasteiger partial charge in [0.15, 0.2) is 0 Å². The molecule has 0 amide bonds. The fourth-order valence-corrected chi connectivity index (χ4v) is 2.41. The van der Waals surface area contributed by atoms with E-state index in [0.29, 0.717) is 0 Å². The van der Waals surface area contributed by atoms with Gasteiger partial charge in [-0.25, -0.2) is 0 Å². The molecule has 2 heteroatoms. The van der Waals surface area contributed by atoms with Crippen molar-refractivity contribution < 1.29 is 0 Å². The van der Waals surface area contributed by atoms with Crippen molar-refractivity contribution in [1.29, 1.82) is 0 Å². The van der Waals surface area contributed by atoms with Crippen molar-refractivity contribution in [3.63, 3.8) is 0 Å². The van der Waals surface area contributed by atoms with E-state index in [1.165, 1.54) is 11.1 Å². The lowest BCUT2D eigenvalue weighted by atomic mass is 9.96. The molecule has 20 heavy (non-hydrogen) atoms. The minimum absolute atomic E-state index is 0.133. The van der Waals surface area contributed by atoms with Crippen LogP contribution in [-0.2, 0) is 0 Å². The molecule has 0 aliphatic rings. The van der Waals surface area contributed by atoms with Gasteiger partial charge in [0, 0.05) is 11.6 Å². The molecule has 2 aromatic carbocycles. The number of hydrogen-bond acceptors (Lipinski definition) is 2. The number of benzene rings is 2. The van der Waals surface area contributed by atoms with Gasteiger partial charge in [-0.05, 0) is 48.2 Å². The van der Waals surface area contributed by atoms with E-state index < -0.39 is 0 Å². The molecule has 1 unspecified atom stereocenters. The topological polar surface area (TPSA) is 38.9 Å². The Balaban J connectivity index is 2.02. The Morgan fingerprint density at radius 1 is 0.900 bits per heavy atom. The van der Waals surface area contributed by atoms with Crippen molar-refractivity contribution in [1.82, 2.24) is 4.98 Å². The average molecular weight is 262 g/mol. The summed E-state index contributed by atoms with van der Waals surface area (Å²) in [5, 5.41) is 1.13. The number of aromatic nitrogens is 1. The third kappa shape index (κ3) is 2.30. The minimum Gasteiger partial charge on any atom is -0.320 e. The first-order valence-corrected chi connectivity index (χ1v) is 6.82. The molecular weight excluding hydrogens is 244 g/mol. The molecule has 0 fully saturated rings. The number of nitrogens with zero attached hydrogens (tertiary/aromatic N) is 1. The Hall–Kier alpha value is -2.19. The first kappa shape index (κ1) is 12.8. The fourth-order valence-electron chi connectivity index (χ4n) is 2.41. The predicted octanol–water partition coefficient (Wildman–Crippen LogP) is 3.90. The molecule has 0 bridgehead atoms. The molecule has 3 rings (SSSR count). The van der Waals surface area contributed by atoms with E-state index in [4.69, 9.17) is 5.73 Å². The zero-order valence-corrected chi connectivity index (χ0v) is 11.8. The largest absolute Gasteiger partial charge is 0.320 e. The Morgan fingerprint density at radius 2 is 1.70 bits per heavy atom. The molecule has 1 heterocycles. The second kappa shape index (κ2) is 5.06. The van der Waals surface area contributed by atoms with Crippen molar-refractivity contribution in [3.8, 4) is 0 Å². The standard InChI is InChI=1S/C18H18N2/c1-12-7-8-15(9-13(12)2)18(19)16-10-14-5-3-4-6-17(14)20-11-16/h3-11,18H,19H2,1-2H3. The number of rotatable bonds is 2. The van der Waals surface area contributed by atoms with Crippen LogP contribution in [-0.4, -0.2) is 4.98 Å². The first-order valence-electron chi connectivity index (χ1n) is 6.82. The van der Waals surface area contributed by atoms with Crippen LogP contribution in [0.5, 0.6) is 0 Å². The van der Waals surface area contributed by atoms with Crippen LogP contribution < -0.4 is 5.73 Å². The summed E-state index contributed by atoms with van der Waals surface area (Å²) >= 11 is 0. The molecule has 1 aromatic heterocycles. The molecule has 0 aliphatic heterocycles. The number of fused-ring (bicyclic) bond motifs is 1. The lowest BCUT2D eigenvalue weighted by molar-refractivity contribution is 0.864. The maximum atomic E-state index is 6.39. The number of nitrogens with two attached hydrogens (primary N) is 1. The van der Waals surface area contributed by atoms with Gasteiger partial charge in [-0.3, -0.25) is 4.98 Å². The maximum absolute atomic E-state index is 6.39. The van der Waals surface area contributed by atoms with Gasteiger partial charge in [-0.1, -0.05) is 36.4 Å². The van der Waals surface area contributed by atoms with E-state index in [2.05, 4.69) is 49.2 Å². The van der Waals surface area contributed by atoms with Crippen LogP contribution >= 0.6 is 0 Å². The van der Waals surface area contributed by atoms with Crippen LogP contribution in [0.15, 0.2) is 54.7 Å². The monoisotopic (exact) mass is 262 g/mol. The van der Waals surface area contributed by atoms with Crippen molar-refractivity contribution >= 4 is 10.9 Å². The fraction of sp³-hybridized carbons (Fsp3) is 0.167. The number of hydrogen-bond donors (Lipinski definition) is 1.